The highest BCUT2D eigenvalue weighted by atomic mass is 28.4. The van der Waals surface area contributed by atoms with Gasteiger partial charge in [0.1, 0.15) is 0 Å². The maximum absolute atomic E-state index is 14.1. The molecule has 0 heterocycles. The fourth-order valence-electron chi connectivity index (χ4n) is 3.61. The largest absolute Gasteiger partial charge is 0.503 e. The van der Waals surface area contributed by atoms with E-state index in [2.05, 4.69) is 0 Å². The van der Waals surface area contributed by atoms with Crippen LogP contribution in [0.3, 0.4) is 0 Å². The first-order valence-electron chi connectivity index (χ1n) is 8.08. The van der Waals surface area contributed by atoms with Crippen molar-refractivity contribution in [2.45, 2.75) is 44.1 Å². The standard InChI is InChI=1S/C16H21F5O3Si/c1-4-24-25(22-2,23-3)10-7-5-6-9(8-10)11-12(17)14(19)16(21)15(20)13(11)18/h9-10H,4-8H2,1-3H3. The summed E-state index contributed by atoms with van der Waals surface area (Å²) in [6.45, 7) is 2.10. The molecular formula is C16H21F5O3Si. The first kappa shape index (κ1) is 20.3. The van der Waals surface area contributed by atoms with Crippen molar-refractivity contribution in [2.24, 2.45) is 0 Å². The average Bonchev–Trinajstić information content (AvgIpc) is 2.63. The summed E-state index contributed by atoms with van der Waals surface area (Å²) in [7, 11) is -0.221. The summed E-state index contributed by atoms with van der Waals surface area (Å²) in [6.07, 6.45) is 1.67. The molecule has 1 fully saturated rings. The van der Waals surface area contributed by atoms with Gasteiger partial charge in [-0.05, 0) is 32.1 Å². The molecule has 3 nitrogen and oxygen atoms in total. The third-order valence-corrected chi connectivity index (χ3v) is 8.09. The van der Waals surface area contributed by atoms with Crippen LogP contribution >= 0.6 is 0 Å². The Balaban J connectivity index is 2.40. The average molecular weight is 384 g/mol. The van der Waals surface area contributed by atoms with Gasteiger partial charge in [0, 0.05) is 31.9 Å². The van der Waals surface area contributed by atoms with Crippen LogP contribution in [0.15, 0.2) is 0 Å². The Hall–Kier alpha value is -1.03. The number of benzene rings is 1. The molecule has 0 N–H and O–H groups in total. The molecule has 1 aromatic rings. The molecule has 0 saturated heterocycles. The molecule has 0 aromatic heterocycles. The van der Waals surface area contributed by atoms with Crippen LogP contribution in [0.25, 0.3) is 0 Å². The monoisotopic (exact) mass is 384 g/mol. The smallest absolute Gasteiger partial charge is 0.377 e. The molecule has 0 bridgehead atoms. The van der Waals surface area contributed by atoms with E-state index in [-0.39, 0.29) is 12.0 Å². The van der Waals surface area contributed by atoms with E-state index < -0.39 is 49.4 Å². The predicted octanol–water partition coefficient (Wildman–Crippen LogP) is 4.68. The minimum Gasteiger partial charge on any atom is -0.377 e. The molecule has 25 heavy (non-hydrogen) atoms. The summed E-state index contributed by atoms with van der Waals surface area (Å²) in [6, 6.07) is 0. The molecule has 0 aliphatic heterocycles. The van der Waals surface area contributed by atoms with E-state index in [9.17, 15) is 22.0 Å². The Morgan fingerprint density at radius 2 is 1.40 bits per heavy atom. The number of hydrogen-bond acceptors (Lipinski definition) is 3. The zero-order valence-corrected chi connectivity index (χ0v) is 15.3. The Kier molecular flexibility index (Phi) is 6.58. The second-order valence-corrected chi connectivity index (χ2v) is 9.12. The molecule has 2 unspecified atom stereocenters. The first-order chi connectivity index (χ1) is 11.8. The summed E-state index contributed by atoms with van der Waals surface area (Å²) in [5.41, 5.74) is -1.04. The minimum atomic E-state index is -3.10. The molecule has 0 amide bonds. The summed E-state index contributed by atoms with van der Waals surface area (Å²) in [5, 5.41) is 0. The van der Waals surface area contributed by atoms with E-state index in [1.54, 1.807) is 6.92 Å². The van der Waals surface area contributed by atoms with Crippen LogP contribution < -0.4 is 0 Å². The lowest BCUT2D eigenvalue weighted by Crippen LogP contribution is -2.49. The van der Waals surface area contributed by atoms with Crippen molar-refractivity contribution in [3.63, 3.8) is 0 Å². The number of rotatable bonds is 6. The molecule has 0 radical (unpaired) electrons. The normalized spacial score (nSPS) is 21.6. The number of halogens is 5. The highest BCUT2D eigenvalue weighted by Crippen LogP contribution is 2.46. The van der Waals surface area contributed by atoms with Gasteiger partial charge >= 0.3 is 8.80 Å². The van der Waals surface area contributed by atoms with Crippen molar-refractivity contribution in [1.82, 2.24) is 0 Å². The molecule has 1 aliphatic rings. The second kappa shape index (κ2) is 8.11. The summed E-state index contributed by atoms with van der Waals surface area (Å²) in [5.74, 6) is -10.3. The molecule has 1 saturated carbocycles. The van der Waals surface area contributed by atoms with Gasteiger partial charge in [0.2, 0.25) is 5.82 Å². The van der Waals surface area contributed by atoms with E-state index in [1.165, 1.54) is 14.2 Å². The van der Waals surface area contributed by atoms with Crippen LogP contribution in [0.2, 0.25) is 5.54 Å². The maximum atomic E-state index is 14.1. The SMILES string of the molecule is CCO[Si](OC)(OC)C1CCCC(c2c(F)c(F)c(F)c(F)c2F)C1. The fraction of sp³-hybridized carbons (Fsp3) is 0.625. The van der Waals surface area contributed by atoms with Gasteiger partial charge < -0.3 is 13.3 Å². The zero-order valence-electron chi connectivity index (χ0n) is 14.3. The Morgan fingerprint density at radius 1 is 0.880 bits per heavy atom. The van der Waals surface area contributed by atoms with E-state index in [0.29, 0.717) is 25.9 Å². The summed E-state index contributed by atoms with van der Waals surface area (Å²) < 4.78 is 85.2. The Bertz CT molecular complexity index is 595. The van der Waals surface area contributed by atoms with E-state index in [4.69, 9.17) is 13.3 Å². The fourth-order valence-corrected chi connectivity index (χ4v) is 6.44. The zero-order chi connectivity index (χ0) is 18.8. The molecule has 2 atom stereocenters. The molecule has 2 rings (SSSR count). The van der Waals surface area contributed by atoms with Crippen molar-refractivity contribution >= 4 is 8.80 Å². The van der Waals surface area contributed by atoms with Crippen LogP contribution in [-0.2, 0) is 13.3 Å². The molecule has 0 spiro atoms. The highest BCUT2D eigenvalue weighted by molar-refractivity contribution is 6.62. The molecule has 142 valence electrons. The second-order valence-electron chi connectivity index (χ2n) is 5.99. The van der Waals surface area contributed by atoms with E-state index in [0.717, 1.165) is 0 Å². The van der Waals surface area contributed by atoms with Crippen LogP contribution in [-0.4, -0.2) is 29.6 Å². The van der Waals surface area contributed by atoms with Crippen molar-refractivity contribution < 1.29 is 35.2 Å². The predicted molar refractivity (Wildman–Crippen MR) is 82.6 cm³/mol. The lowest BCUT2D eigenvalue weighted by molar-refractivity contribution is 0.0846. The van der Waals surface area contributed by atoms with Gasteiger partial charge in [-0.1, -0.05) is 6.42 Å². The Morgan fingerprint density at radius 3 is 1.88 bits per heavy atom. The van der Waals surface area contributed by atoms with Crippen LogP contribution in [0, 0.1) is 29.1 Å². The third-order valence-electron chi connectivity index (χ3n) is 4.74. The summed E-state index contributed by atoms with van der Waals surface area (Å²) in [4.78, 5) is 0. The van der Waals surface area contributed by atoms with Crippen molar-refractivity contribution in [3.8, 4) is 0 Å². The molecule has 9 heteroatoms. The van der Waals surface area contributed by atoms with Gasteiger partial charge in [0.15, 0.2) is 23.3 Å². The van der Waals surface area contributed by atoms with Crippen molar-refractivity contribution in [2.75, 3.05) is 20.8 Å². The van der Waals surface area contributed by atoms with Crippen LogP contribution in [0.5, 0.6) is 0 Å². The van der Waals surface area contributed by atoms with Crippen LogP contribution in [0.4, 0.5) is 22.0 Å². The van der Waals surface area contributed by atoms with Crippen LogP contribution in [0.1, 0.15) is 44.1 Å². The van der Waals surface area contributed by atoms with E-state index >= 15 is 0 Å². The molecular weight excluding hydrogens is 363 g/mol. The van der Waals surface area contributed by atoms with E-state index in [1.807, 2.05) is 0 Å². The van der Waals surface area contributed by atoms with Gasteiger partial charge in [-0.2, -0.15) is 0 Å². The van der Waals surface area contributed by atoms with Gasteiger partial charge in [0.05, 0.1) is 0 Å². The lowest BCUT2D eigenvalue weighted by Gasteiger charge is -2.38. The first-order valence-corrected chi connectivity index (χ1v) is 9.88. The number of hydrogen-bond donors (Lipinski definition) is 0. The highest BCUT2D eigenvalue weighted by Gasteiger charge is 2.50. The summed E-state index contributed by atoms with van der Waals surface area (Å²) >= 11 is 0. The van der Waals surface area contributed by atoms with Gasteiger partial charge in [-0.15, -0.1) is 0 Å². The van der Waals surface area contributed by atoms with Gasteiger partial charge in [-0.3, -0.25) is 0 Å². The Labute approximate surface area is 144 Å². The minimum absolute atomic E-state index is 0.173. The van der Waals surface area contributed by atoms with Gasteiger partial charge in [-0.25, -0.2) is 22.0 Å². The quantitative estimate of drug-likeness (QED) is 0.309. The van der Waals surface area contributed by atoms with Crippen molar-refractivity contribution in [3.05, 3.63) is 34.6 Å². The maximum Gasteiger partial charge on any atom is 0.503 e. The molecule has 1 aliphatic carbocycles. The lowest BCUT2D eigenvalue weighted by atomic mass is 9.83. The van der Waals surface area contributed by atoms with Crippen molar-refractivity contribution in [1.29, 1.82) is 0 Å². The van der Waals surface area contributed by atoms with Gasteiger partial charge in [0.25, 0.3) is 0 Å². The molecule has 1 aromatic carbocycles. The topological polar surface area (TPSA) is 27.7 Å². The third kappa shape index (κ3) is 3.60.